The average Bonchev–Trinajstić information content (AvgIpc) is 2.16. The fourth-order valence-electron chi connectivity index (χ4n) is 1.05. The van der Waals surface area contributed by atoms with Crippen molar-refractivity contribution in [1.82, 2.24) is 4.98 Å². The molecule has 0 amide bonds. The van der Waals surface area contributed by atoms with E-state index in [1.807, 2.05) is 19.9 Å². The third-order valence-electron chi connectivity index (χ3n) is 1.83. The first kappa shape index (κ1) is 12.5. The number of hydrogen-bond donors (Lipinski definition) is 1. The maximum Gasteiger partial charge on any atom is 0.433 e. The van der Waals surface area contributed by atoms with Crippen LogP contribution in [-0.2, 0) is 6.18 Å². The molecule has 0 atom stereocenters. The minimum Gasteiger partial charge on any atom is -0.367 e. The lowest BCUT2D eigenvalue weighted by molar-refractivity contribution is -0.141. The molecule has 0 aliphatic heterocycles. The molecule has 0 aliphatic rings. The lowest BCUT2D eigenvalue weighted by Crippen LogP contribution is -2.10. The minimum atomic E-state index is -4.39. The number of nitrogens with one attached hydrogen (secondary N) is 1. The van der Waals surface area contributed by atoms with Crippen LogP contribution in [0.3, 0.4) is 0 Å². The summed E-state index contributed by atoms with van der Waals surface area (Å²) < 4.78 is 36.9. The Morgan fingerprint density at radius 2 is 2.06 bits per heavy atom. The summed E-state index contributed by atoms with van der Waals surface area (Å²) in [7, 11) is 0. The van der Waals surface area contributed by atoms with Gasteiger partial charge in [-0.15, -0.1) is 0 Å². The van der Waals surface area contributed by atoms with E-state index in [-0.39, 0.29) is 5.82 Å². The zero-order chi connectivity index (χ0) is 12.2. The highest BCUT2D eigenvalue weighted by atomic mass is 19.4. The maximum atomic E-state index is 12.3. The zero-order valence-electron chi connectivity index (χ0n) is 9.10. The van der Waals surface area contributed by atoms with Crippen molar-refractivity contribution in [3.8, 4) is 0 Å². The Labute approximate surface area is 92.2 Å². The molecule has 2 nitrogen and oxygen atoms in total. The lowest BCUT2D eigenvalue weighted by atomic mass is 10.3. The predicted octanol–water partition coefficient (Wildman–Crippen LogP) is 3.48. The smallest absolute Gasteiger partial charge is 0.367 e. The Morgan fingerprint density at radius 1 is 1.38 bits per heavy atom. The number of rotatable bonds is 3. The SMILES string of the molecule is CC(C)=CCNc1cccc(C(F)(F)F)n1. The third-order valence-corrected chi connectivity index (χ3v) is 1.83. The molecule has 0 saturated carbocycles. The molecule has 0 unspecified atom stereocenters. The molecule has 0 aromatic carbocycles. The molecule has 88 valence electrons. The molecule has 0 fully saturated rings. The van der Waals surface area contributed by atoms with Crippen LogP contribution in [0, 0.1) is 0 Å². The first-order chi connectivity index (χ1) is 7.39. The molecule has 0 bridgehead atoms. The number of aromatic nitrogens is 1. The average molecular weight is 230 g/mol. The molecule has 1 aromatic heterocycles. The number of alkyl halides is 3. The van der Waals surface area contributed by atoms with Crippen LogP contribution in [-0.4, -0.2) is 11.5 Å². The van der Waals surface area contributed by atoms with Crippen LogP contribution in [0.15, 0.2) is 29.8 Å². The highest BCUT2D eigenvalue weighted by Crippen LogP contribution is 2.27. The van der Waals surface area contributed by atoms with Crippen molar-refractivity contribution in [3.63, 3.8) is 0 Å². The van der Waals surface area contributed by atoms with Gasteiger partial charge in [-0.05, 0) is 26.0 Å². The van der Waals surface area contributed by atoms with E-state index in [9.17, 15) is 13.2 Å². The summed E-state index contributed by atoms with van der Waals surface area (Å²) >= 11 is 0. The number of allylic oxidation sites excluding steroid dienone is 1. The van der Waals surface area contributed by atoms with Crippen LogP contribution in [0.25, 0.3) is 0 Å². The summed E-state index contributed by atoms with van der Waals surface area (Å²) in [5, 5.41) is 2.80. The quantitative estimate of drug-likeness (QED) is 0.804. The van der Waals surface area contributed by atoms with Crippen molar-refractivity contribution < 1.29 is 13.2 Å². The Balaban J connectivity index is 2.72. The monoisotopic (exact) mass is 230 g/mol. The second-order valence-corrected chi connectivity index (χ2v) is 3.57. The van der Waals surface area contributed by atoms with E-state index in [4.69, 9.17) is 0 Å². The van der Waals surface area contributed by atoms with Crippen LogP contribution >= 0.6 is 0 Å². The van der Waals surface area contributed by atoms with Crippen molar-refractivity contribution in [1.29, 1.82) is 0 Å². The molecule has 0 aliphatic carbocycles. The van der Waals surface area contributed by atoms with E-state index in [0.29, 0.717) is 6.54 Å². The number of pyridine rings is 1. The van der Waals surface area contributed by atoms with Gasteiger partial charge in [0.2, 0.25) is 0 Å². The van der Waals surface area contributed by atoms with Crippen LogP contribution in [0.2, 0.25) is 0 Å². The van der Waals surface area contributed by atoms with Gasteiger partial charge < -0.3 is 5.32 Å². The van der Waals surface area contributed by atoms with Gasteiger partial charge in [-0.1, -0.05) is 17.7 Å². The molecule has 1 heterocycles. The molecular weight excluding hydrogens is 217 g/mol. The molecule has 1 N–H and O–H groups in total. The first-order valence-electron chi connectivity index (χ1n) is 4.81. The summed E-state index contributed by atoms with van der Waals surface area (Å²) in [5.74, 6) is 0.229. The van der Waals surface area contributed by atoms with Gasteiger partial charge >= 0.3 is 6.18 Å². The van der Waals surface area contributed by atoms with E-state index < -0.39 is 11.9 Å². The first-order valence-corrected chi connectivity index (χ1v) is 4.81. The lowest BCUT2D eigenvalue weighted by Gasteiger charge is -2.08. The van der Waals surface area contributed by atoms with Crippen LogP contribution in [0.5, 0.6) is 0 Å². The summed E-state index contributed by atoms with van der Waals surface area (Å²) in [6.07, 6.45) is -2.52. The van der Waals surface area contributed by atoms with Crippen molar-refractivity contribution in [3.05, 3.63) is 35.5 Å². The molecule has 1 aromatic rings. The predicted molar refractivity (Wildman–Crippen MR) is 57.2 cm³/mol. The largest absolute Gasteiger partial charge is 0.433 e. The topological polar surface area (TPSA) is 24.9 Å². The molecule has 0 saturated heterocycles. The third kappa shape index (κ3) is 3.92. The summed E-state index contributed by atoms with van der Waals surface area (Å²) in [5.41, 5.74) is 0.217. The van der Waals surface area contributed by atoms with Gasteiger partial charge in [0.15, 0.2) is 0 Å². The van der Waals surface area contributed by atoms with E-state index in [1.54, 1.807) is 0 Å². The van der Waals surface area contributed by atoms with E-state index >= 15 is 0 Å². The van der Waals surface area contributed by atoms with Gasteiger partial charge in [-0.25, -0.2) is 4.98 Å². The van der Waals surface area contributed by atoms with Gasteiger partial charge in [-0.2, -0.15) is 13.2 Å². The maximum absolute atomic E-state index is 12.3. The fourth-order valence-corrected chi connectivity index (χ4v) is 1.05. The Kier molecular flexibility index (Phi) is 3.93. The summed E-state index contributed by atoms with van der Waals surface area (Å²) in [6, 6.07) is 3.79. The highest BCUT2D eigenvalue weighted by Gasteiger charge is 2.32. The minimum absolute atomic E-state index is 0.229. The van der Waals surface area contributed by atoms with Gasteiger partial charge in [0.05, 0.1) is 0 Å². The molecule has 0 radical (unpaired) electrons. The standard InChI is InChI=1S/C11H13F3N2/c1-8(2)6-7-15-10-5-3-4-9(16-10)11(12,13)14/h3-6H,7H2,1-2H3,(H,15,16). The van der Waals surface area contributed by atoms with Gasteiger partial charge in [0.1, 0.15) is 11.5 Å². The van der Waals surface area contributed by atoms with Crippen molar-refractivity contribution >= 4 is 5.82 Å². The number of nitrogens with zero attached hydrogens (tertiary/aromatic N) is 1. The molecule has 1 rings (SSSR count). The van der Waals surface area contributed by atoms with Crippen LogP contribution in [0.1, 0.15) is 19.5 Å². The van der Waals surface area contributed by atoms with E-state index in [1.165, 1.54) is 12.1 Å². The van der Waals surface area contributed by atoms with Crippen LogP contribution < -0.4 is 5.32 Å². The molecule has 16 heavy (non-hydrogen) atoms. The molecule has 0 spiro atoms. The van der Waals surface area contributed by atoms with E-state index in [0.717, 1.165) is 11.6 Å². The Bertz CT molecular complexity index is 379. The molecule has 5 heteroatoms. The Hall–Kier alpha value is -1.52. The second-order valence-electron chi connectivity index (χ2n) is 3.57. The number of hydrogen-bond acceptors (Lipinski definition) is 2. The number of anilines is 1. The van der Waals surface area contributed by atoms with Crippen molar-refractivity contribution in [2.75, 3.05) is 11.9 Å². The normalized spacial score (nSPS) is 11.1. The zero-order valence-corrected chi connectivity index (χ0v) is 9.10. The van der Waals surface area contributed by atoms with Crippen LogP contribution in [0.4, 0.5) is 19.0 Å². The highest BCUT2D eigenvalue weighted by molar-refractivity contribution is 5.36. The van der Waals surface area contributed by atoms with Gasteiger partial charge in [0.25, 0.3) is 0 Å². The van der Waals surface area contributed by atoms with Gasteiger partial charge in [0, 0.05) is 6.54 Å². The van der Waals surface area contributed by atoms with Crippen molar-refractivity contribution in [2.45, 2.75) is 20.0 Å². The van der Waals surface area contributed by atoms with Gasteiger partial charge in [-0.3, -0.25) is 0 Å². The van der Waals surface area contributed by atoms with E-state index in [2.05, 4.69) is 10.3 Å². The van der Waals surface area contributed by atoms with Crippen molar-refractivity contribution in [2.24, 2.45) is 0 Å². The second kappa shape index (κ2) is 5.01. The molecular formula is C11H13F3N2. The summed E-state index contributed by atoms with van der Waals surface area (Å²) in [4.78, 5) is 3.48. The summed E-state index contributed by atoms with van der Waals surface area (Å²) in [6.45, 7) is 4.30. The number of halogens is 3. The Morgan fingerprint density at radius 3 is 2.62 bits per heavy atom. The fraction of sp³-hybridized carbons (Fsp3) is 0.364.